The lowest BCUT2D eigenvalue weighted by atomic mass is 10.1. The molecule has 2 atom stereocenters. The van der Waals surface area contributed by atoms with Crippen LogP contribution in [0.1, 0.15) is 0 Å². The molecule has 0 aromatic rings. The van der Waals surface area contributed by atoms with Gasteiger partial charge in [-0.15, -0.1) is 11.8 Å². The predicted molar refractivity (Wildman–Crippen MR) is 55.7 cm³/mol. The maximum atomic E-state index is 11.0. The summed E-state index contributed by atoms with van der Waals surface area (Å²) >= 11 is 1.50. The molecule has 0 bridgehead atoms. The third-order valence-corrected chi connectivity index (χ3v) is 4.20. The van der Waals surface area contributed by atoms with Gasteiger partial charge in [-0.2, -0.15) is 0 Å². The number of halogens is 1. The highest BCUT2D eigenvalue weighted by atomic mass is 35.7. The normalized spacial score (nSPS) is 31.6. The topological polar surface area (TPSA) is 46.5 Å². The second-order valence-electron chi connectivity index (χ2n) is 2.71. The van der Waals surface area contributed by atoms with Gasteiger partial charge in [-0.25, -0.2) is 8.42 Å². The molecular weight excluding hydrogens is 230 g/mol. The van der Waals surface area contributed by atoms with Gasteiger partial charge >= 0.3 is 0 Å². The van der Waals surface area contributed by atoms with Crippen molar-refractivity contribution in [3.8, 4) is 0 Å². The largest absolute Gasteiger partial charge is 0.277 e. The number of hydrogen-bond acceptors (Lipinski definition) is 4. The number of aliphatic imine (C=N–C) groups is 1. The Balaban J connectivity index is 2.33. The molecule has 13 heavy (non-hydrogen) atoms. The van der Waals surface area contributed by atoms with Crippen LogP contribution in [0.15, 0.2) is 28.1 Å². The molecule has 1 aliphatic carbocycles. The third kappa shape index (κ3) is 1.82. The first kappa shape index (κ1) is 9.30. The number of nitrogens with zero attached hydrogens (tertiary/aromatic N) is 1. The second-order valence-corrected chi connectivity index (χ2v) is 6.31. The number of fused-ring (bicyclic) bond motifs is 1. The zero-order chi connectivity index (χ0) is 9.47. The standard InChI is InChI=1S/C7H6ClNO2S2/c8-13(10,11)5-1-2-6-7(3-5)12-4-9-6/h1-4,6-7H. The van der Waals surface area contributed by atoms with Crippen LogP contribution < -0.4 is 0 Å². The fourth-order valence-electron chi connectivity index (χ4n) is 1.21. The van der Waals surface area contributed by atoms with E-state index in [0.717, 1.165) is 0 Å². The summed E-state index contributed by atoms with van der Waals surface area (Å²) in [6.07, 6.45) is 4.91. The van der Waals surface area contributed by atoms with Gasteiger partial charge in [0.2, 0.25) is 0 Å². The van der Waals surface area contributed by atoms with Crippen LogP contribution >= 0.6 is 22.4 Å². The first-order chi connectivity index (χ1) is 6.07. The summed E-state index contributed by atoms with van der Waals surface area (Å²) in [4.78, 5) is 4.32. The molecule has 2 unspecified atom stereocenters. The Labute approximate surface area is 85.0 Å². The minimum Gasteiger partial charge on any atom is -0.277 e. The van der Waals surface area contributed by atoms with Gasteiger partial charge in [0.15, 0.2) is 0 Å². The highest BCUT2D eigenvalue weighted by Crippen LogP contribution is 2.31. The molecule has 6 heteroatoms. The monoisotopic (exact) mass is 235 g/mol. The summed E-state index contributed by atoms with van der Waals surface area (Å²) in [6, 6.07) is 0.0761. The first-order valence-corrected chi connectivity index (χ1v) is 6.84. The maximum Gasteiger partial charge on any atom is 0.261 e. The minimum absolute atomic E-state index is 0.0761. The third-order valence-electron chi connectivity index (χ3n) is 1.86. The Morgan fingerprint density at radius 3 is 3.00 bits per heavy atom. The van der Waals surface area contributed by atoms with Crippen LogP contribution in [0.25, 0.3) is 0 Å². The van der Waals surface area contributed by atoms with Gasteiger partial charge in [0.05, 0.1) is 21.7 Å². The first-order valence-electron chi connectivity index (χ1n) is 3.59. The van der Waals surface area contributed by atoms with E-state index >= 15 is 0 Å². The molecule has 0 aromatic heterocycles. The van der Waals surface area contributed by atoms with Gasteiger partial charge in [0.25, 0.3) is 9.05 Å². The lowest BCUT2D eigenvalue weighted by molar-refractivity contribution is 0.615. The van der Waals surface area contributed by atoms with Crippen molar-refractivity contribution in [3.05, 3.63) is 23.1 Å². The van der Waals surface area contributed by atoms with E-state index in [9.17, 15) is 8.42 Å². The summed E-state index contributed by atoms with van der Waals surface area (Å²) in [5.74, 6) is 0. The van der Waals surface area contributed by atoms with E-state index in [4.69, 9.17) is 10.7 Å². The smallest absolute Gasteiger partial charge is 0.261 e. The summed E-state index contributed by atoms with van der Waals surface area (Å²) in [5, 5.41) is 0.0912. The Kier molecular flexibility index (Phi) is 2.25. The summed E-state index contributed by atoms with van der Waals surface area (Å²) in [6.45, 7) is 0. The molecule has 3 nitrogen and oxygen atoms in total. The molecule has 2 aliphatic rings. The fraction of sp³-hybridized carbons (Fsp3) is 0.286. The van der Waals surface area contributed by atoms with E-state index < -0.39 is 9.05 Å². The zero-order valence-electron chi connectivity index (χ0n) is 6.42. The van der Waals surface area contributed by atoms with Gasteiger partial charge in [0.1, 0.15) is 0 Å². The Morgan fingerprint density at radius 1 is 1.54 bits per heavy atom. The fourth-order valence-corrected chi connectivity index (χ4v) is 3.06. The SMILES string of the molecule is O=S(=O)(Cl)C1=CC2SC=NC2C=C1. The van der Waals surface area contributed by atoms with E-state index in [-0.39, 0.29) is 16.2 Å². The Hall–Kier alpha value is -0.260. The lowest BCUT2D eigenvalue weighted by Crippen LogP contribution is -2.17. The van der Waals surface area contributed by atoms with E-state index in [0.29, 0.717) is 0 Å². The molecule has 2 rings (SSSR count). The quantitative estimate of drug-likeness (QED) is 0.648. The Bertz CT molecular complexity index is 410. The van der Waals surface area contributed by atoms with Crippen LogP contribution in [0.4, 0.5) is 0 Å². The molecule has 0 saturated carbocycles. The van der Waals surface area contributed by atoms with Crippen LogP contribution in [0.2, 0.25) is 0 Å². The van der Waals surface area contributed by atoms with Crippen molar-refractivity contribution in [3.63, 3.8) is 0 Å². The van der Waals surface area contributed by atoms with Crippen molar-refractivity contribution in [1.82, 2.24) is 0 Å². The number of rotatable bonds is 1. The molecule has 0 amide bonds. The van der Waals surface area contributed by atoms with Gasteiger partial charge in [-0.3, -0.25) is 4.99 Å². The van der Waals surface area contributed by atoms with E-state index in [1.54, 1.807) is 17.7 Å². The summed E-state index contributed by atoms with van der Waals surface area (Å²) in [5.41, 5.74) is 1.74. The summed E-state index contributed by atoms with van der Waals surface area (Å²) < 4.78 is 21.9. The second kappa shape index (κ2) is 3.15. The lowest BCUT2D eigenvalue weighted by Gasteiger charge is -2.14. The molecule has 0 fully saturated rings. The molecule has 0 saturated heterocycles. The number of thioether (sulfide) groups is 1. The molecule has 0 aromatic carbocycles. The number of hydrogen-bond donors (Lipinski definition) is 0. The molecular formula is C7H6ClNO2S2. The van der Waals surface area contributed by atoms with Gasteiger partial charge in [0, 0.05) is 10.7 Å². The zero-order valence-corrected chi connectivity index (χ0v) is 8.81. The van der Waals surface area contributed by atoms with Crippen molar-refractivity contribution >= 4 is 37.0 Å². The van der Waals surface area contributed by atoms with Crippen LogP contribution in [0.3, 0.4) is 0 Å². The van der Waals surface area contributed by atoms with Gasteiger partial charge < -0.3 is 0 Å². The average molecular weight is 236 g/mol. The van der Waals surface area contributed by atoms with Crippen LogP contribution in [0.5, 0.6) is 0 Å². The minimum atomic E-state index is -3.59. The van der Waals surface area contributed by atoms with Gasteiger partial charge in [-0.05, 0) is 12.2 Å². The van der Waals surface area contributed by atoms with Gasteiger partial charge in [-0.1, -0.05) is 6.08 Å². The van der Waals surface area contributed by atoms with Crippen LogP contribution in [-0.4, -0.2) is 25.3 Å². The molecule has 0 spiro atoms. The van der Waals surface area contributed by atoms with Crippen LogP contribution in [-0.2, 0) is 9.05 Å². The average Bonchev–Trinajstić information content (AvgIpc) is 2.47. The Morgan fingerprint density at radius 2 is 2.31 bits per heavy atom. The maximum absolute atomic E-state index is 11.0. The van der Waals surface area contributed by atoms with Crippen molar-refractivity contribution in [2.24, 2.45) is 4.99 Å². The predicted octanol–water partition coefficient (Wildman–Crippen LogP) is 1.52. The molecule has 1 heterocycles. The molecule has 1 aliphatic heterocycles. The van der Waals surface area contributed by atoms with E-state index in [1.807, 2.05) is 0 Å². The van der Waals surface area contributed by atoms with Crippen molar-refractivity contribution in [2.75, 3.05) is 0 Å². The van der Waals surface area contributed by atoms with E-state index in [1.165, 1.54) is 17.8 Å². The molecule has 0 N–H and O–H groups in total. The van der Waals surface area contributed by atoms with Crippen LogP contribution in [0, 0.1) is 0 Å². The summed E-state index contributed by atoms with van der Waals surface area (Å²) in [7, 11) is 1.62. The van der Waals surface area contributed by atoms with Crippen molar-refractivity contribution in [1.29, 1.82) is 0 Å². The highest BCUT2D eigenvalue weighted by molar-refractivity contribution is 8.17. The van der Waals surface area contributed by atoms with Crippen molar-refractivity contribution < 1.29 is 8.42 Å². The molecule has 70 valence electrons. The van der Waals surface area contributed by atoms with E-state index in [2.05, 4.69) is 4.99 Å². The number of allylic oxidation sites excluding steroid dienone is 1. The highest BCUT2D eigenvalue weighted by Gasteiger charge is 2.27. The molecule has 0 radical (unpaired) electrons. The van der Waals surface area contributed by atoms with Crippen molar-refractivity contribution in [2.45, 2.75) is 11.3 Å².